The molecule has 108 valence electrons. The highest BCUT2D eigenvalue weighted by Gasteiger charge is 2.20. The maximum Gasteiger partial charge on any atom is 0.270 e. The summed E-state index contributed by atoms with van der Waals surface area (Å²) < 4.78 is 13.1. The van der Waals surface area contributed by atoms with Crippen molar-refractivity contribution in [2.45, 2.75) is 12.5 Å². The van der Waals surface area contributed by atoms with Crippen molar-refractivity contribution in [1.29, 1.82) is 0 Å². The van der Waals surface area contributed by atoms with E-state index in [4.69, 9.17) is 5.73 Å². The number of halogens is 1. The molecule has 0 aliphatic heterocycles. The van der Waals surface area contributed by atoms with Crippen LogP contribution >= 0.6 is 0 Å². The molecular formula is C15H14FN3O2. The normalized spacial score (nSPS) is 11.7. The molecule has 0 radical (unpaired) electrons. The molecule has 1 heterocycles. The summed E-state index contributed by atoms with van der Waals surface area (Å²) in [6, 6.07) is 9.72. The summed E-state index contributed by atoms with van der Waals surface area (Å²) in [6.45, 7) is 0. The number of pyridine rings is 1. The summed E-state index contributed by atoms with van der Waals surface area (Å²) in [5.74, 6) is -1.61. The van der Waals surface area contributed by atoms with Crippen LogP contribution in [-0.4, -0.2) is 22.8 Å². The molecule has 0 saturated heterocycles. The van der Waals surface area contributed by atoms with E-state index in [0.29, 0.717) is 5.56 Å². The standard InChI is InChI=1S/C15H14FN3O2/c16-11-5-3-4-10(8-11)9-13(14(17)20)19-15(21)12-6-1-2-7-18-12/h1-8,13H,9H2,(H2,17,20)(H,19,21)/t13-/m0/s1. The number of primary amides is 1. The SMILES string of the molecule is NC(=O)[C@H](Cc1cccc(F)c1)NC(=O)c1ccccn1. The molecule has 3 N–H and O–H groups in total. The fourth-order valence-electron chi connectivity index (χ4n) is 1.85. The first kappa shape index (κ1) is 14.6. The van der Waals surface area contributed by atoms with E-state index in [1.165, 1.54) is 30.5 Å². The van der Waals surface area contributed by atoms with Crippen LogP contribution in [0.25, 0.3) is 0 Å². The fourth-order valence-corrected chi connectivity index (χ4v) is 1.85. The molecule has 1 aromatic heterocycles. The van der Waals surface area contributed by atoms with E-state index >= 15 is 0 Å². The number of hydrogen-bond donors (Lipinski definition) is 2. The van der Waals surface area contributed by atoms with Gasteiger partial charge in [0.15, 0.2) is 0 Å². The molecule has 5 nitrogen and oxygen atoms in total. The fraction of sp³-hybridized carbons (Fsp3) is 0.133. The number of carbonyl (C=O) groups excluding carboxylic acids is 2. The highest BCUT2D eigenvalue weighted by Crippen LogP contribution is 2.07. The van der Waals surface area contributed by atoms with Crippen LogP contribution in [0, 0.1) is 5.82 Å². The maximum absolute atomic E-state index is 13.1. The summed E-state index contributed by atoms with van der Waals surface area (Å²) in [7, 11) is 0. The van der Waals surface area contributed by atoms with Crippen LogP contribution < -0.4 is 11.1 Å². The van der Waals surface area contributed by atoms with Crippen LogP contribution in [0.2, 0.25) is 0 Å². The first-order valence-corrected chi connectivity index (χ1v) is 6.32. The van der Waals surface area contributed by atoms with Gasteiger partial charge in [-0.05, 0) is 29.8 Å². The van der Waals surface area contributed by atoms with Gasteiger partial charge in [-0.1, -0.05) is 18.2 Å². The van der Waals surface area contributed by atoms with Gasteiger partial charge in [-0.2, -0.15) is 0 Å². The quantitative estimate of drug-likeness (QED) is 0.862. The Bertz CT molecular complexity index is 646. The summed E-state index contributed by atoms with van der Waals surface area (Å²) >= 11 is 0. The smallest absolute Gasteiger partial charge is 0.270 e. The Morgan fingerprint density at radius 1 is 1.24 bits per heavy atom. The lowest BCUT2D eigenvalue weighted by Crippen LogP contribution is -2.46. The molecule has 0 aliphatic rings. The number of aromatic nitrogens is 1. The second-order valence-electron chi connectivity index (χ2n) is 4.48. The molecule has 0 spiro atoms. The van der Waals surface area contributed by atoms with Crippen LogP contribution in [0.3, 0.4) is 0 Å². The molecule has 2 aromatic rings. The second kappa shape index (κ2) is 6.60. The van der Waals surface area contributed by atoms with E-state index in [-0.39, 0.29) is 12.1 Å². The van der Waals surface area contributed by atoms with E-state index < -0.39 is 23.7 Å². The highest BCUT2D eigenvalue weighted by atomic mass is 19.1. The Labute approximate surface area is 121 Å². The molecular weight excluding hydrogens is 273 g/mol. The minimum atomic E-state index is -0.929. The van der Waals surface area contributed by atoms with Gasteiger partial charge in [-0.3, -0.25) is 14.6 Å². The third kappa shape index (κ3) is 4.10. The van der Waals surface area contributed by atoms with Gasteiger partial charge in [0.1, 0.15) is 17.6 Å². The number of nitrogens with one attached hydrogen (secondary N) is 1. The Hall–Kier alpha value is -2.76. The number of nitrogens with two attached hydrogens (primary N) is 1. The van der Waals surface area contributed by atoms with E-state index in [1.54, 1.807) is 18.2 Å². The molecule has 0 bridgehead atoms. The van der Waals surface area contributed by atoms with Gasteiger partial charge in [0.05, 0.1) is 0 Å². The minimum absolute atomic E-state index is 0.117. The zero-order chi connectivity index (χ0) is 15.2. The van der Waals surface area contributed by atoms with Crippen LogP contribution in [0.15, 0.2) is 48.7 Å². The number of amides is 2. The Morgan fingerprint density at radius 3 is 2.67 bits per heavy atom. The zero-order valence-electron chi connectivity index (χ0n) is 11.1. The highest BCUT2D eigenvalue weighted by molar-refractivity contribution is 5.95. The van der Waals surface area contributed by atoms with Crippen LogP contribution in [0.1, 0.15) is 16.1 Å². The predicted molar refractivity (Wildman–Crippen MR) is 74.8 cm³/mol. The van der Waals surface area contributed by atoms with E-state index in [2.05, 4.69) is 10.3 Å². The maximum atomic E-state index is 13.1. The summed E-state index contributed by atoms with van der Waals surface area (Å²) in [4.78, 5) is 27.3. The van der Waals surface area contributed by atoms with Crippen LogP contribution in [-0.2, 0) is 11.2 Å². The topological polar surface area (TPSA) is 85.1 Å². The second-order valence-corrected chi connectivity index (χ2v) is 4.48. The Kier molecular flexibility index (Phi) is 4.61. The first-order chi connectivity index (χ1) is 10.1. The molecule has 21 heavy (non-hydrogen) atoms. The van der Waals surface area contributed by atoms with Crippen molar-refractivity contribution >= 4 is 11.8 Å². The van der Waals surface area contributed by atoms with Crippen molar-refractivity contribution in [3.05, 3.63) is 65.7 Å². The van der Waals surface area contributed by atoms with Gasteiger partial charge in [-0.15, -0.1) is 0 Å². The molecule has 0 aliphatic carbocycles. The Balaban J connectivity index is 2.09. The van der Waals surface area contributed by atoms with Crippen LogP contribution in [0.4, 0.5) is 4.39 Å². The third-order valence-corrected chi connectivity index (χ3v) is 2.88. The van der Waals surface area contributed by atoms with Gasteiger partial charge in [0.2, 0.25) is 5.91 Å². The van der Waals surface area contributed by atoms with Gasteiger partial charge in [0, 0.05) is 12.6 Å². The molecule has 2 rings (SSSR count). The molecule has 1 atom stereocenters. The van der Waals surface area contributed by atoms with E-state index in [1.807, 2.05) is 0 Å². The van der Waals surface area contributed by atoms with Gasteiger partial charge < -0.3 is 11.1 Å². The van der Waals surface area contributed by atoms with Crippen molar-refractivity contribution in [3.63, 3.8) is 0 Å². The Morgan fingerprint density at radius 2 is 2.05 bits per heavy atom. The van der Waals surface area contributed by atoms with Gasteiger partial charge in [-0.25, -0.2) is 4.39 Å². The number of nitrogens with zero attached hydrogens (tertiary/aromatic N) is 1. The molecule has 0 fully saturated rings. The van der Waals surface area contributed by atoms with Crippen molar-refractivity contribution in [3.8, 4) is 0 Å². The third-order valence-electron chi connectivity index (χ3n) is 2.88. The molecule has 2 amide bonds. The van der Waals surface area contributed by atoms with Gasteiger partial charge >= 0.3 is 0 Å². The molecule has 0 unspecified atom stereocenters. The molecule has 1 aromatic carbocycles. The minimum Gasteiger partial charge on any atom is -0.368 e. The summed E-state index contributed by atoms with van der Waals surface area (Å²) in [6.07, 6.45) is 1.59. The average Bonchev–Trinajstić information content (AvgIpc) is 2.47. The van der Waals surface area contributed by atoms with Crippen molar-refractivity contribution in [2.75, 3.05) is 0 Å². The zero-order valence-corrected chi connectivity index (χ0v) is 11.1. The number of hydrogen-bond acceptors (Lipinski definition) is 3. The van der Waals surface area contributed by atoms with Crippen molar-refractivity contribution < 1.29 is 14.0 Å². The number of rotatable bonds is 5. The lowest BCUT2D eigenvalue weighted by molar-refractivity contribution is -0.119. The van der Waals surface area contributed by atoms with Crippen molar-refractivity contribution in [2.24, 2.45) is 5.73 Å². The van der Waals surface area contributed by atoms with E-state index in [9.17, 15) is 14.0 Å². The monoisotopic (exact) mass is 287 g/mol. The van der Waals surface area contributed by atoms with Crippen LogP contribution in [0.5, 0.6) is 0 Å². The number of carbonyl (C=O) groups is 2. The van der Waals surface area contributed by atoms with Gasteiger partial charge in [0.25, 0.3) is 5.91 Å². The predicted octanol–water partition coefficient (Wildman–Crippen LogP) is 1.05. The van der Waals surface area contributed by atoms with Crippen molar-refractivity contribution in [1.82, 2.24) is 10.3 Å². The largest absolute Gasteiger partial charge is 0.368 e. The lowest BCUT2D eigenvalue weighted by Gasteiger charge is -2.15. The average molecular weight is 287 g/mol. The molecule has 6 heteroatoms. The summed E-state index contributed by atoms with van der Waals surface area (Å²) in [5, 5.41) is 2.50. The number of benzene rings is 1. The summed E-state index contributed by atoms with van der Waals surface area (Å²) in [5.41, 5.74) is 6.03. The van der Waals surface area contributed by atoms with E-state index in [0.717, 1.165) is 0 Å². The molecule has 0 saturated carbocycles. The first-order valence-electron chi connectivity index (χ1n) is 6.32. The lowest BCUT2D eigenvalue weighted by atomic mass is 10.1.